The Bertz CT molecular complexity index is 373. The van der Waals surface area contributed by atoms with E-state index in [1.807, 2.05) is 6.92 Å². The van der Waals surface area contributed by atoms with Gasteiger partial charge in [0.05, 0.1) is 11.9 Å². The molecule has 0 aromatic heterocycles. The SMILES string of the molecule is CCOC(=O)C(=NOC1(C)CCCCCC1)C(=O)CBr. The lowest BCUT2D eigenvalue weighted by molar-refractivity contribution is -0.136. The number of oxime groups is 1. The second-order valence-electron chi connectivity index (χ2n) is 5.17. The van der Waals surface area contributed by atoms with Crippen LogP contribution in [0, 0.1) is 0 Å². The summed E-state index contributed by atoms with van der Waals surface area (Å²) in [6.07, 6.45) is 6.30. The molecule has 114 valence electrons. The van der Waals surface area contributed by atoms with Crippen molar-refractivity contribution in [2.75, 3.05) is 11.9 Å². The van der Waals surface area contributed by atoms with Crippen molar-refractivity contribution in [1.82, 2.24) is 0 Å². The summed E-state index contributed by atoms with van der Waals surface area (Å²) in [6, 6.07) is 0. The van der Waals surface area contributed by atoms with Crippen LogP contribution in [0.1, 0.15) is 52.4 Å². The fourth-order valence-corrected chi connectivity index (χ4v) is 2.45. The monoisotopic (exact) mass is 347 g/mol. The molecule has 0 aliphatic heterocycles. The zero-order chi connectivity index (χ0) is 15.0. The average Bonchev–Trinajstić information content (AvgIpc) is 2.64. The van der Waals surface area contributed by atoms with Gasteiger partial charge in [-0.2, -0.15) is 0 Å². The van der Waals surface area contributed by atoms with Crippen molar-refractivity contribution in [2.24, 2.45) is 5.16 Å². The maximum Gasteiger partial charge on any atom is 0.364 e. The van der Waals surface area contributed by atoms with Gasteiger partial charge >= 0.3 is 5.97 Å². The summed E-state index contributed by atoms with van der Waals surface area (Å²) >= 11 is 3.03. The second kappa shape index (κ2) is 8.39. The van der Waals surface area contributed by atoms with Crippen LogP contribution >= 0.6 is 15.9 Å². The Hall–Kier alpha value is -0.910. The predicted molar refractivity (Wildman–Crippen MR) is 80.1 cm³/mol. The number of hydrogen-bond acceptors (Lipinski definition) is 5. The molecule has 1 fully saturated rings. The van der Waals surface area contributed by atoms with Crippen molar-refractivity contribution in [3.05, 3.63) is 0 Å². The number of alkyl halides is 1. The van der Waals surface area contributed by atoms with Crippen LogP contribution in [0.15, 0.2) is 5.16 Å². The highest BCUT2D eigenvalue weighted by Gasteiger charge is 2.30. The minimum Gasteiger partial charge on any atom is -0.461 e. The summed E-state index contributed by atoms with van der Waals surface area (Å²) in [5.41, 5.74) is -0.671. The van der Waals surface area contributed by atoms with E-state index in [2.05, 4.69) is 21.1 Å². The van der Waals surface area contributed by atoms with E-state index in [0.29, 0.717) is 0 Å². The molecule has 6 heteroatoms. The molecule has 0 N–H and O–H groups in total. The Morgan fingerprint density at radius 2 is 1.80 bits per heavy atom. The van der Waals surface area contributed by atoms with Crippen molar-refractivity contribution < 1.29 is 19.2 Å². The molecule has 0 aromatic rings. The molecular formula is C14H22BrNO4. The largest absolute Gasteiger partial charge is 0.461 e. The lowest BCUT2D eigenvalue weighted by Crippen LogP contribution is -2.31. The van der Waals surface area contributed by atoms with Crippen LogP contribution in [0.4, 0.5) is 0 Å². The summed E-state index contributed by atoms with van der Waals surface area (Å²) in [5, 5.41) is 3.83. The van der Waals surface area contributed by atoms with E-state index in [9.17, 15) is 9.59 Å². The third kappa shape index (κ3) is 5.23. The number of ketones is 1. The first-order valence-electron chi connectivity index (χ1n) is 7.05. The molecule has 1 aliphatic carbocycles. The maximum atomic E-state index is 11.7. The van der Waals surface area contributed by atoms with E-state index in [4.69, 9.17) is 9.57 Å². The van der Waals surface area contributed by atoms with Crippen molar-refractivity contribution in [2.45, 2.75) is 58.0 Å². The van der Waals surface area contributed by atoms with Gasteiger partial charge in [0.25, 0.3) is 0 Å². The van der Waals surface area contributed by atoms with Crippen LogP contribution in [0.3, 0.4) is 0 Å². The van der Waals surface area contributed by atoms with E-state index in [-0.39, 0.29) is 17.6 Å². The number of nitrogens with zero attached hydrogens (tertiary/aromatic N) is 1. The number of Topliss-reactive ketones (excluding diaryl/α,β-unsaturated/α-hetero) is 1. The normalized spacial score (nSPS) is 19.1. The van der Waals surface area contributed by atoms with E-state index >= 15 is 0 Å². The maximum absolute atomic E-state index is 11.7. The summed E-state index contributed by atoms with van der Waals surface area (Å²) in [6.45, 7) is 3.86. The Morgan fingerprint density at radius 1 is 1.20 bits per heavy atom. The molecule has 1 aliphatic rings. The van der Waals surface area contributed by atoms with Gasteiger partial charge in [-0.3, -0.25) is 4.79 Å². The van der Waals surface area contributed by atoms with Crippen LogP contribution in [0.2, 0.25) is 0 Å². The number of rotatable bonds is 6. The highest BCUT2D eigenvalue weighted by molar-refractivity contribution is 9.09. The number of carbonyl (C=O) groups excluding carboxylic acids is 2. The van der Waals surface area contributed by atoms with Crippen molar-refractivity contribution >= 4 is 33.4 Å². The first kappa shape index (κ1) is 17.1. The Kier molecular flexibility index (Phi) is 7.19. The first-order valence-corrected chi connectivity index (χ1v) is 8.17. The summed E-state index contributed by atoms with van der Waals surface area (Å²) in [5.74, 6) is -1.16. The van der Waals surface area contributed by atoms with Crippen LogP contribution in [0.5, 0.6) is 0 Å². The second-order valence-corrected chi connectivity index (χ2v) is 5.73. The topological polar surface area (TPSA) is 65.0 Å². The molecule has 0 spiro atoms. The molecule has 0 atom stereocenters. The van der Waals surface area contributed by atoms with Crippen LogP contribution < -0.4 is 0 Å². The Labute approximate surface area is 128 Å². The molecule has 1 rings (SSSR count). The molecule has 0 unspecified atom stereocenters. The zero-order valence-electron chi connectivity index (χ0n) is 12.1. The van der Waals surface area contributed by atoms with Crippen LogP contribution in [0.25, 0.3) is 0 Å². The minimum atomic E-state index is -0.728. The number of carbonyl (C=O) groups is 2. The highest BCUT2D eigenvalue weighted by Crippen LogP contribution is 2.30. The standard InChI is InChI=1S/C14H22BrNO4/c1-3-19-13(18)12(11(17)10-15)16-20-14(2)8-6-4-5-7-9-14/h3-10H2,1-2H3. The van der Waals surface area contributed by atoms with Gasteiger partial charge in [0.2, 0.25) is 11.5 Å². The van der Waals surface area contributed by atoms with Gasteiger partial charge in [-0.15, -0.1) is 0 Å². The van der Waals surface area contributed by atoms with E-state index in [0.717, 1.165) is 25.7 Å². The molecule has 0 saturated heterocycles. The fraction of sp³-hybridized carbons (Fsp3) is 0.786. The molecule has 0 aromatic carbocycles. The smallest absolute Gasteiger partial charge is 0.364 e. The highest BCUT2D eigenvalue weighted by atomic mass is 79.9. The molecule has 1 saturated carbocycles. The lowest BCUT2D eigenvalue weighted by atomic mass is 9.97. The molecule has 0 heterocycles. The van der Waals surface area contributed by atoms with Gasteiger partial charge < -0.3 is 9.57 Å². The van der Waals surface area contributed by atoms with Crippen molar-refractivity contribution in [3.63, 3.8) is 0 Å². The Balaban J connectivity index is 2.79. The van der Waals surface area contributed by atoms with Crippen molar-refractivity contribution in [3.8, 4) is 0 Å². The molecule has 0 bridgehead atoms. The molecule has 0 amide bonds. The van der Waals surface area contributed by atoms with Crippen LogP contribution in [-0.2, 0) is 19.2 Å². The fourth-order valence-electron chi connectivity index (χ4n) is 2.19. The van der Waals surface area contributed by atoms with E-state index in [1.165, 1.54) is 12.8 Å². The summed E-state index contributed by atoms with van der Waals surface area (Å²) < 4.78 is 4.83. The van der Waals surface area contributed by atoms with Gasteiger partial charge in [-0.05, 0) is 39.5 Å². The summed E-state index contributed by atoms with van der Waals surface area (Å²) in [4.78, 5) is 29.0. The molecule has 5 nitrogen and oxygen atoms in total. The third-order valence-electron chi connectivity index (χ3n) is 3.37. The van der Waals surface area contributed by atoms with E-state index in [1.54, 1.807) is 6.92 Å². The van der Waals surface area contributed by atoms with Crippen LogP contribution in [-0.4, -0.2) is 35.0 Å². The van der Waals surface area contributed by atoms with Gasteiger partial charge in [0.15, 0.2) is 0 Å². The van der Waals surface area contributed by atoms with Gasteiger partial charge in [0.1, 0.15) is 5.60 Å². The lowest BCUT2D eigenvalue weighted by Gasteiger charge is -2.25. The summed E-state index contributed by atoms with van der Waals surface area (Å²) in [7, 11) is 0. The number of ether oxygens (including phenoxy) is 1. The Morgan fingerprint density at radius 3 is 2.30 bits per heavy atom. The van der Waals surface area contributed by atoms with Gasteiger partial charge in [0, 0.05) is 0 Å². The molecular weight excluding hydrogens is 326 g/mol. The number of hydrogen-bond donors (Lipinski definition) is 0. The predicted octanol–water partition coefficient (Wildman–Crippen LogP) is 3.00. The molecule has 0 radical (unpaired) electrons. The first-order chi connectivity index (χ1) is 9.52. The van der Waals surface area contributed by atoms with Gasteiger partial charge in [-0.25, -0.2) is 4.79 Å². The zero-order valence-corrected chi connectivity index (χ0v) is 13.7. The number of halogens is 1. The average molecular weight is 348 g/mol. The van der Waals surface area contributed by atoms with E-state index < -0.39 is 17.4 Å². The molecule has 20 heavy (non-hydrogen) atoms. The number of esters is 1. The quantitative estimate of drug-likeness (QED) is 0.185. The minimum absolute atomic E-state index is 0.0186. The van der Waals surface area contributed by atoms with Crippen molar-refractivity contribution in [1.29, 1.82) is 0 Å². The third-order valence-corrected chi connectivity index (χ3v) is 3.88. The van der Waals surface area contributed by atoms with Gasteiger partial charge in [-0.1, -0.05) is 33.9 Å².